The number of esters is 1. The molecule has 0 fully saturated rings. The molecule has 0 spiro atoms. The first-order valence-electron chi connectivity index (χ1n) is 5.30. The summed E-state index contributed by atoms with van der Waals surface area (Å²) in [6.07, 6.45) is 0.103. The lowest BCUT2D eigenvalue weighted by Crippen LogP contribution is -2.06. The molecule has 1 aromatic carbocycles. The lowest BCUT2D eigenvalue weighted by atomic mass is 10.3. The summed E-state index contributed by atoms with van der Waals surface area (Å²) >= 11 is 0. The van der Waals surface area contributed by atoms with Crippen LogP contribution in [-0.4, -0.2) is 19.2 Å². The summed E-state index contributed by atoms with van der Waals surface area (Å²) in [7, 11) is -2.00. The van der Waals surface area contributed by atoms with Crippen LogP contribution in [0.15, 0.2) is 30.3 Å². The van der Waals surface area contributed by atoms with Crippen LogP contribution < -0.4 is 5.09 Å². The van der Waals surface area contributed by atoms with Gasteiger partial charge in [0.05, 0.1) is 18.7 Å². The Morgan fingerprint density at radius 3 is 2.71 bits per heavy atom. The predicted octanol–water partition coefficient (Wildman–Crippen LogP) is 2.73. The summed E-state index contributed by atoms with van der Waals surface area (Å²) in [5.41, 5.74) is 0.713. The van der Waals surface area contributed by atoms with Gasteiger partial charge in [-0.3, -0.25) is 4.79 Å². The highest BCUT2D eigenvalue weighted by Gasteiger charge is 2.18. The maximum absolute atomic E-state index is 11.4. The van der Waals surface area contributed by atoms with Gasteiger partial charge in [-0.05, 0) is 23.6 Å². The van der Waals surface area contributed by atoms with Crippen molar-refractivity contribution in [2.75, 3.05) is 18.3 Å². The Morgan fingerprint density at radius 2 is 2.06 bits per heavy atom. The molecule has 1 aromatic rings. The molecule has 1 N–H and O–H groups in total. The fraction of sp³-hybridized carbons (Fsp3) is 0.364. The van der Waals surface area contributed by atoms with E-state index in [4.69, 9.17) is 9.26 Å². The molecule has 1 unspecified atom stereocenters. The SMILES string of the molecule is CCOC(=O)CCO[P+](=O)Nc1ccccc1. The molecule has 6 heteroatoms. The fourth-order valence-corrected chi connectivity index (χ4v) is 1.78. The van der Waals surface area contributed by atoms with Gasteiger partial charge in [-0.15, -0.1) is 4.52 Å². The first-order chi connectivity index (χ1) is 8.22. The molecule has 0 saturated heterocycles. The molecule has 1 rings (SSSR count). The van der Waals surface area contributed by atoms with E-state index in [1.165, 1.54) is 0 Å². The van der Waals surface area contributed by atoms with E-state index in [0.29, 0.717) is 12.3 Å². The van der Waals surface area contributed by atoms with E-state index in [1.807, 2.05) is 18.2 Å². The number of ether oxygens (including phenoxy) is 1. The van der Waals surface area contributed by atoms with Crippen LogP contribution in [0.4, 0.5) is 5.69 Å². The Morgan fingerprint density at radius 1 is 1.35 bits per heavy atom. The number of carbonyl (C=O) groups is 1. The van der Waals surface area contributed by atoms with Gasteiger partial charge in [0, 0.05) is 0 Å². The topological polar surface area (TPSA) is 64.6 Å². The molecule has 0 radical (unpaired) electrons. The third-order valence-electron chi connectivity index (χ3n) is 1.81. The van der Waals surface area contributed by atoms with E-state index in [1.54, 1.807) is 19.1 Å². The third kappa shape index (κ3) is 6.00. The number of benzene rings is 1. The van der Waals surface area contributed by atoms with E-state index < -0.39 is 8.18 Å². The molecule has 1 atom stereocenters. The van der Waals surface area contributed by atoms with Crippen LogP contribution in [-0.2, 0) is 18.6 Å². The number of anilines is 1. The first kappa shape index (κ1) is 13.6. The second-order valence-corrected chi connectivity index (χ2v) is 4.12. The first-order valence-corrected chi connectivity index (χ1v) is 6.47. The van der Waals surface area contributed by atoms with E-state index in [-0.39, 0.29) is 19.0 Å². The van der Waals surface area contributed by atoms with Crippen molar-refractivity contribution in [1.82, 2.24) is 0 Å². The maximum atomic E-state index is 11.4. The second kappa shape index (κ2) is 7.76. The summed E-state index contributed by atoms with van der Waals surface area (Å²) in [5.74, 6) is -0.351. The van der Waals surface area contributed by atoms with Crippen molar-refractivity contribution >= 4 is 19.8 Å². The monoisotopic (exact) mass is 256 g/mol. The quantitative estimate of drug-likeness (QED) is 0.600. The van der Waals surface area contributed by atoms with Gasteiger partial charge in [-0.25, -0.2) is 0 Å². The molecule has 0 aliphatic rings. The highest BCUT2D eigenvalue weighted by molar-refractivity contribution is 7.40. The van der Waals surface area contributed by atoms with E-state index in [9.17, 15) is 9.36 Å². The summed E-state index contributed by atoms with van der Waals surface area (Å²) in [6.45, 7) is 2.15. The Kier molecular flexibility index (Phi) is 6.22. The maximum Gasteiger partial charge on any atom is 0.643 e. The molecule has 17 heavy (non-hydrogen) atoms. The normalized spacial score (nSPS) is 10.8. The molecule has 0 bridgehead atoms. The number of hydrogen-bond acceptors (Lipinski definition) is 4. The summed E-state index contributed by atoms with van der Waals surface area (Å²) in [6, 6.07) is 9.07. The Labute approximate surface area is 101 Å². The number of para-hydroxylation sites is 1. The molecule has 5 nitrogen and oxygen atoms in total. The summed E-state index contributed by atoms with van der Waals surface area (Å²) in [5, 5.41) is 2.68. The van der Waals surface area contributed by atoms with Gasteiger partial charge in [0.15, 0.2) is 0 Å². The van der Waals surface area contributed by atoms with Gasteiger partial charge in [0.1, 0.15) is 6.61 Å². The standard InChI is InChI=1S/C11H15NO4P/c1-2-15-11(13)8-9-16-17(14)12-10-6-4-3-5-7-10/h3-7H,2,8-9H2,1H3,(H,12,14)/q+1. The lowest BCUT2D eigenvalue weighted by molar-refractivity contribution is -0.143. The van der Waals surface area contributed by atoms with Crippen LogP contribution in [0, 0.1) is 0 Å². The molecule has 0 amide bonds. The lowest BCUT2D eigenvalue weighted by Gasteiger charge is -1.98. The zero-order valence-electron chi connectivity index (χ0n) is 9.59. The molecular weight excluding hydrogens is 241 g/mol. The van der Waals surface area contributed by atoms with Gasteiger partial charge in [0.2, 0.25) is 0 Å². The fourth-order valence-electron chi connectivity index (χ4n) is 1.10. The van der Waals surface area contributed by atoms with Crippen molar-refractivity contribution in [2.24, 2.45) is 0 Å². The molecule has 0 saturated carbocycles. The van der Waals surface area contributed by atoms with Crippen LogP contribution in [0.3, 0.4) is 0 Å². The second-order valence-electron chi connectivity index (χ2n) is 3.12. The smallest absolute Gasteiger partial charge is 0.466 e. The minimum Gasteiger partial charge on any atom is -0.466 e. The zero-order chi connectivity index (χ0) is 12.5. The van der Waals surface area contributed by atoms with Crippen LogP contribution >= 0.6 is 8.18 Å². The molecule has 92 valence electrons. The average molecular weight is 256 g/mol. The van der Waals surface area contributed by atoms with Crippen LogP contribution in [0.1, 0.15) is 13.3 Å². The minimum atomic E-state index is -2.00. The van der Waals surface area contributed by atoms with Gasteiger partial charge in [-0.2, -0.15) is 5.09 Å². The minimum absolute atomic E-state index is 0.0773. The number of carbonyl (C=O) groups excluding carboxylic acids is 1. The van der Waals surface area contributed by atoms with Gasteiger partial charge in [0.25, 0.3) is 0 Å². The summed E-state index contributed by atoms with van der Waals surface area (Å²) in [4.78, 5) is 11.0. The largest absolute Gasteiger partial charge is 0.643 e. The predicted molar refractivity (Wildman–Crippen MR) is 64.9 cm³/mol. The van der Waals surface area contributed by atoms with Gasteiger partial charge in [-0.1, -0.05) is 18.2 Å². The van der Waals surface area contributed by atoms with Crippen molar-refractivity contribution in [2.45, 2.75) is 13.3 Å². The zero-order valence-corrected chi connectivity index (χ0v) is 10.5. The van der Waals surface area contributed by atoms with E-state index in [0.717, 1.165) is 0 Å². The van der Waals surface area contributed by atoms with Crippen molar-refractivity contribution < 1.29 is 18.6 Å². The number of nitrogens with one attached hydrogen (secondary N) is 1. The Hall–Kier alpha value is -1.45. The van der Waals surface area contributed by atoms with Crippen LogP contribution in [0.2, 0.25) is 0 Å². The number of hydrogen-bond donors (Lipinski definition) is 1. The Balaban J connectivity index is 2.20. The summed E-state index contributed by atoms with van der Waals surface area (Å²) < 4.78 is 21.1. The molecule has 0 aliphatic carbocycles. The highest BCUT2D eigenvalue weighted by Crippen LogP contribution is 2.24. The highest BCUT2D eigenvalue weighted by atomic mass is 31.1. The Bertz CT molecular complexity index is 369. The van der Waals surface area contributed by atoms with Gasteiger partial charge >= 0.3 is 14.1 Å². The van der Waals surface area contributed by atoms with Crippen molar-refractivity contribution in [3.05, 3.63) is 30.3 Å². The van der Waals surface area contributed by atoms with Crippen molar-refractivity contribution in [3.8, 4) is 0 Å². The van der Waals surface area contributed by atoms with E-state index in [2.05, 4.69) is 5.09 Å². The third-order valence-corrected chi connectivity index (χ3v) is 2.67. The van der Waals surface area contributed by atoms with Gasteiger partial charge < -0.3 is 4.74 Å². The molecule has 0 heterocycles. The van der Waals surface area contributed by atoms with E-state index >= 15 is 0 Å². The molecular formula is C11H15NO4P+. The van der Waals surface area contributed by atoms with Crippen LogP contribution in [0.5, 0.6) is 0 Å². The average Bonchev–Trinajstić information content (AvgIpc) is 2.30. The van der Waals surface area contributed by atoms with Crippen molar-refractivity contribution in [3.63, 3.8) is 0 Å². The van der Waals surface area contributed by atoms with Crippen molar-refractivity contribution in [1.29, 1.82) is 0 Å². The molecule has 0 aliphatic heterocycles. The van der Waals surface area contributed by atoms with Crippen LogP contribution in [0.25, 0.3) is 0 Å². The number of rotatable bonds is 7. The molecule has 0 aromatic heterocycles.